The third-order valence-electron chi connectivity index (χ3n) is 4.24. The average molecular weight is 281 g/mol. The van der Waals surface area contributed by atoms with Crippen LogP contribution in [-0.2, 0) is 13.1 Å². The van der Waals surface area contributed by atoms with E-state index in [4.69, 9.17) is 0 Å². The molecule has 0 aliphatic rings. The van der Waals surface area contributed by atoms with E-state index in [2.05, 4.69) is 76.3 Å². The summed E-state index contributed by atoms with van der Waals surface area (Å²) < 4.78 is 0. The Morgan fingerprint density at radius 2 is 1.43 bits per heavy atom. The van der Waals surface area contributed by atoms with Crippen molar-refractivity contribution < 1.29 is 0 Å². The molecule has 1 N–H and O–H groups in total. The van der Waals surface area contributed by atoms with Gasteiger partial charge in [0.15, 0.2) is 0 Å². The fraction of sp³-hybridized carbons (Fsp3) is 0.400. The van der Waals surface area contributed by atoms with Crippen LogP contribution in [0.15, 0.2) is 36.4 Å². The van der Waals surface area contributed by atoms with Crippen molar-refractivity contribution in [3.8, 4) is 0 Å². The van der Waals surface area contributed by atoms with Gasteiger partial charge in [0.2, 0.25) is 0 Å². The predicted molar refractivity (Wildman–Crippen MR) is 91.7 cm³/mol. The number of aryl methyl sites for hydroxylation is 3. The largest absolute Gasteiger partial charge is 0.309 e. The fourth-order valence-electron chi connectivity index (χ4n) is 2.57. The highest BCUT2D eigenvalue weighted by molar-refractivity contribution is 5.36. The summed E-state index contributed by atoms with van der Waals surface area (Å²) in [5.41, 5.74) is 8.28. The molecular weight excluding hydrogens is 254 g/mol. The Bertz CT molecular complexity index is 594. The van der Waals surface area contributed by atoms with E-state index in [1.807, 2.05) is 0 Å². The maximum absolute atomic E-state index is 3.55. The van der Waals surface area contributed by atoms with E-state index in [9.17, 15) is 0 Å². The van der Waals surface area contributed by atoms with Crippen molar-refractivity contribution in [2.45, 2.75) is 53.6 Å². The SMILES string of the molecule is Cc1cc(C)c(CNCc2ccc(C(C)C)cc2)cc1C. The van der Waals surface area contributed by atoms with Crippen LogP contribution < -0.4 is 5.32 Å². The van der Waals surface area contributed by atoms with Crippen LogP contribution in [0.5, 0.6) is 0 Å². The van der Waals surface area contributed by atoms with Crippen molar-refractivity contribution in [2.24, 2.45) is 0 Å². The highest BCUT2D eigenvalue weighted by Crippen LogP contribution is 2.16. The molecule has 112 valence electrons. The maximum Gasteiger partial charge on any atom is 0.0211 e. The maximum atomic E-state index is 3.55. The van der Waals surface area contributed by atoms with Gasteiger partial charge in [-0.1, -0.05) is 50.2 Å². The van der Waals surface area contributed by atoms with Gasteiger partial charge in [-0.3, -0.25) is 0 Å². The Morgan fingerprint density at radius 1 is 0.810 bits per heavy atom. The van der Waals surface area contributed by atoms with Crippen LogP contribution in [0.2, 0.25) is 0 Å². The van der Waals surface area contributed by atoms with Crippen molar-refractivity contribution in [1.82, 2.24) is 5.32 Å². The Labute approximate surface area is 129 Å². The first-order valence-electron chi connectivity index (χ1n) is 7.83. The number of rotatable bonds is 5. The van der Waals surface area contributed by atoms with Crippen molar-refractivity contribution in [3.63, 3.8) is 0 Å². The minimum Gasteiger partial charge on any atom is -0.309 e. The zero-order valence-electron chi connectivity index (χ0n) is 14.0. The van der Waals surface area contributed by atoms with Crippen LogP contribution in [0, 0.1) is 20.8 Å². The Balaban J connectivity index is 1.94. The van der Waals surface area contributed by atoms with Crippen molar-refractivity contribution in [1.29, 1.82) is 0 Å². The smallest absolute Gasteiger partial charge is 0.0211 e. The van der Waals surface area contributed by atoms with Crippen LogP contribution in [0.4, 0.5) is 0 Å². The van der Waals surface area contributed by atoms with Crippen LogP contribution >= 0.6 is 0 Å². The molecular formula is C20H27N. The van der Waals surface area contributed by atoms with E-state index < -0.39 is 0 Å². The first-order valence-corrected chi connectivity index (χ1v) is 7.83. The summed E-state index contributed by atoms with van der Waals surface area (Å²) in [7, 11) is 0. The lowest BCUT2D eigenvalue weighted by Gasteiger charge is -2.12. The summed E-state index contributed by atoms with van der Waals surface area (Å²) in [6.45, 7) is 12.9. The van der Waals surface area contributed by atoms with Gasteiger partial charge < -0.3 is 5.32 Å². The number of nitrogens with one attached hydrogen (secondary N) is 1. The van der Waals surface area contributed by atoms with E-state index in [1.54, 1.807) is 0 Å². The molecule has 0 heterocycles. The van der Waals surface area contributed by atoms with Crippen LogP contribution in [-0.4, -0.2) is 0 Å². The molecule has 1 nitrogen and oxygen atoms in total. The van der Waals surface area contributed by atoms with Crippen LogP contribution in [0.3, 0.4) is 0 Å². The molecule has 1 heteroatoms. The summed E-state index contributed by atoms with van der Waals surface area (Å²) in [6.07, 6.45) is 0. The molecule has 0 aliphatic carbocycles. The summed E-state index contributed by atoms with van der Waals surface area (Å²) in [5, 5.41) is 3.55. The van der Waals surface area contributed by atoms with Gasteiger partial charge in [0.25, 0.3) is 0 Å². The molecule has 0 saturated heterocycles. The predicted octanol–water partition coefficient (Wildman–Crippen LogP) is 5.03. The quantitative estimate of drug-likeness (QED) is 0.811. The average Bonchev–Trinajstić information content (AvgIpc) is 2.45. The molecule has 0 bridgehead atoms. The van der Waals surface area contributed by atoms with Gasteiger partial charge in [-0.25, -0.2) is 0 Å². The monoisotopic (exact) mass is 281 g/mol. The Morgan fingerprint density at radius 3 is 2.05 bits per heavy atom. The molecule has 21 heavy (non-hydrogen) atoms. The molecule has 0 radical (unpaired) electrons. The van der Waals surface area contributed by atoms with Gasteiger partial charge >= 0.3 is 0 Å². The first-order chi connectivity index (χ1) is 9.97. The minimum absolute atomic E-state index is 0.602. The second-order valence-electron chi connectivity index (χ2n) is 6.36. The normalized spacial score (nSPS) is 11.1. The van der Waals surface area contributed by atoms with Crippen LogP contribution in [0.1, 0.15) is 53.1 Å². The molecule has 0 aromatic heterocycles. The molecule has 0 fully saturated rings. The molecule has 0 spiro atoms. The molecule has 0 unspecified atom stereocenters. The van der Waals surface area contributed by atoms with Gasteiger partial charge in [0.05, 0.1) is 0 Å². The Hall–Kier alpha value is -1.60. The standard InChI is InChI=1S/C20H27N/c1-14(2)19-8-6-18(7-9-19)12-21-13-20-11-16(4)15(3)10-17(20)5/h6-11,14,21H,12-13H2,1-5H3. The fourth-order valence-corrected chi connectivity index (χ4v) is 2.57. The molecule has 0 atom stereocenters. The second-order valence-corrected chi connectivity index (χ2v) is 6.36. The van der Waals surface area contributed by atoms with E-state index in [1.165, 1.54) is 33.4 Å². The van der Waals surface area contributed by atoms with Gasteiger partial charge in [-0.15, -0.1) is 0 Å². The van der Waals surface area contributed by atoms with Crippen molar-refractivity contribution >= 4 is 0 Å². The first kappa shape index (κ1) is 15.8. The molecule has 2 aromatic rings. The van der Waals surface area contributed by atoms with E-state index in [0.29, 0.717) is 5.92 Å². The topological polar surface area (TPSA) is 12.0 Å². The summed E-state index contributed by atoms with van der Waals surface area (Å²) in [6, 6.07) is 13.5. The zero-order valence-corrected chi connectivity index (χ0v) is 14.0. The lowest BCUT2D eigenvalue weighted by atomic mass is 10.0. The van der Waals surface area contributed by atoms with Crippen LogP contribution in [0.25, 0.3) is 0 Å². The number of hydrogen-bond donors (Lipinski definition) is 1. The third-order valence-corrected chi connectivity index (χ3v) is 4.24. The van der Waals surface area contributed by atoms with Gasteiger partial charge in [-0.2, -0.15) is 0 Å². The van der Waals surface area contributed by atoms with Gasteiger partial charge in [-0.05, 0) is 60.1 Å². The number of benzene rings is 2. The summed E-state index contributed by atoms with van der Waals surface area (Å²) in [5.74, 6) is 0.602. The lowest BCUT2D eigenvalue weighted by Crippen LogP contribution is -2.14. The highest BCUT2D eigenvalue weighted by Gasteiger charge is 2.02. The van der Waals surface area contributed by atoms with Gasteiger partial charge in [0, 0.05) is 13.1 Å². The molecule has 2 aromatic carbocycles. The van der Waals surface area contributed by atoms with E-state index in [-0.39, 0.29) is 0 Å². The molecule has 0 saturated carbocycles. The summed E-state index contributed by atoms with van der Waals surface area (Å²) in [4.78, 5) is 0. The minimum atomic E-state index is 0.602. The zero-order chi connectivity index (χ0) is 15.4. The third kappa shape index (κ3) is 4.18. The number of hydrogen-bond acceptors (Lipinski definition) is 1. The van der Waals surface area contributed by atoms with E-state index in [0.717, 1.165) is 13.1 Å². The van der Waals surface area contributed by atoms with Crippen molar-refractivity contribution in [3.05, 3.63) is 69.8 Å². The Kier molecular flexibility index (Phi) is 5.19. The van der Waals surface area contributed by atoms with E-state index >= 15 is 0 Å². The molecule has 0 aliphatic heterocycles. The molecule has 2 rings (SSSR count). The van der Waals surface area contributed by atoms with Crippen molar-refractivity contribution in [2.75, 3.05) is 0 Å². The second kappa shape index (κ2) is 6.91. The highest BCUT2D eigenvalue weighted by atomic mass is 14.8. The molecule has 0 amide bonds. The lowest BCUT2D eigenvalue weighted by molar-refractivity contribution is 0.689. The summed E-state index contributed by atoms with van der Waals surface area (Å²) >= 11 is 0. The van der Waals surface area contributed by atoms with Gasteiger partial charge in [0.1, 0.15) is 0 Å².